The zero-order chi connectivity index (χ0) is 17.6. The molecule has 2 N–H and O–H groups in total. The van der Waals surface area contributed by atoms with Gasteiger partial charge in [0, 0.05) is 0 Å². The molecular formula is C15H23NdO7. The number of carbonyl (C=O) groups excluding carboxylic acids is 3. The van der Waals surface area contributed by atoms with Crippen molar-refractivity contribution >= 4 is 17.3 Å². The molecule has 0 amide bonds. The van der Waals surface area contributed by atoms with Gasteiger partial charge in [0.1, 0.15) is 0 Å². The molecule has 0 saturated heterocycles. The topological polar surface area (TPSA) is 152 Å². The van der Waals surface area contributed by atoms with E-state index in [1.165, 1.54) is 41.5 Å². The molecule has 0 unspecified atom stereocenters. The van der Waals surface area contributed by atoms with Crippen LogP contribution in [0.15, 0.2) is 35.5 Å². The summed E-state index contributed by atoms with van der Waals surface area (Å²) in [5, 5.41) is 29.9. The average molecular weight is 460 g/mol. The average Bonchev–Trinajstić information content (AvgIpc) is 2.10. The molecule has 0 heterocycles. The molecule has 0 aromatic heterocycles. The molecule has 0 saturated carbocycles. The van der Waals surface area contributed by atoms with Crippen LogP contribution in [0, 0.1) is 40.8 Å². The molecule has 23 heavy (non-hydrogen) atoms. The summed E-state index contributed by atoms with van der Waals surface area (Å²) in [6.07, 6.45) is 3.17. The minimum atomic E-state index is -0.187. The number of ketones is 3. The van der Waals surface area contributed by atoms with Gasteiger partial charge in [-0.2, -0.15) is 0 Å². The van der Waals surface area contributed by atoms with E-state index in [0.717, 1.165) is 18.2 Å². The van der Waals surface area contributed by atoms with Gasteiger partial charge in [-0.25, -0.2) is 0 Å². The van der Waals surface area contributed by atoms with Gasteiger partial charge in [-0.1, -0.05) is 20.8 Å². The Bertz CT molecular complexity index is 370. The summed E-state index contributed by atoms with van der Waals surface area (Å²) in [4.78, 5) is 29.9. The van der Waals surface area contributed by atoms with E-state index >= 15 is 0 Å². The molecule has 0 aliphatic rings. The molecule has 7 nitrogen and oxygen atoms in total. The van der Waals surface area contributed by atoms with Crippen molar-refractivity contribution < 1.29 is 76.0 Å². The third-order valence-corrected chi connectivity index (χ3v) is 1.22. The fourth-order valence-corrected chi connectivity index (χ4v) is 0.859. The Balaban J connectivity index is -0.0000000675. The van der Waals surface area contributed by atoms with Gasteiger partial charge >= 0.3 is 40.8 Å². The molecular weight excluding hydrogens is 436 g/mol. The predicted octanol–water partition coefficient (Wildman–Crippen LogP) is -1.31. The molecule has 1 radical (unpaired) electrons. The summed E-state index contributed by atoms with van der Waals surface area (Å²) >= 11 is 0. The van der Waals surface area contributed by atoms with Crippen molar-refractivity contribution in [1.82, 2.24) is 0 Å². The Morgan fingerprint density at radius 2 is 0.696 bits per heavy atom. The minimum Gasteiger partial charge on any atom is -0.876 e. The molecule has 0 aromatic rings. The molecule has 0 rings (SSSR count). The van der Waals surface area contributed by atoms with Crippen LogP contribution in [0.3, 0.4) is 0 Å². The van der Waals surface area contributed by atoms with Crippen molar-refractivity contribution in [3.8, 4) is 0 Å². The second kappa shape index (κ2) is 20.9. The summed E-state index contributed by atoms with van der Waals surface area (Å²) in [7, 11) is 0. The maximum atomic E-state index is 9.98. The van der Waals surface area contributed by atoms with Gasteiger partial charge in [-0.15, -0.1) is 17.3 Å². The predicted molar refractivity (Wildman–Crippen MR) is 76.9 cm³/mol. The third-order valence-electron chi connectivity index (χ3n) is 1.22. The largest absolute Gasteiger partial charge is 3.00 e. The third kappa shape index (κ3) is 62.8. The Kier molecular flexibility index (Phi) is 30.5. The van der Waals surface area contributed by atoms with Crippen molar-refractivity contribution in [2.75, 3.05) is 0 Å². The van der Waals surface area contributed by atoms with Gasteiger partial charge in [0.05, 0.1) is 0 Å². The van der Waals surface area contributed by atoms with E-state index in [4.69, 9.17) is 0 Å². The molecule has 0 atom stereocenters. The van der Waals surface area contributed by atoms with Crippen molar-refractivity contribution in [3.63, 3.8) is 0 Å². The summed E-state index contributed by atoms with van der Waals surface area (Å²) < 4.78 is 0. The molecule has 0 aliphatic heterocycles. The van der Waals surface area contributed by atoms with Crippen LogP contribution < -0.4 is 15.3 Å². The summed E-state index contributed by atoms with van der Waals surface area (Å²) in [5.41, 5.74) is 0. The van der Waals surface area contributed by atoms with Crippen LogP contribution in [0.5, 0.6) is 0 Å². The maximum absolute atomic E-state index is 9.98. The van der Waals surface area contributed by atoms with Crippen molar-refractivity contribution in [2.45, 2.75) is 41.5 Å². The van der Waals surface area contributed by atoms with E-state index in [2.05, 4.69) is 0 Å². The van der Waals surface area contributed by atoms with Gasteiger partial charge < -0.3 is 20.8 Å². The van der Waals surface area contributed by atoms with Crippen LogP contribution in [0.4, 0.5) is 0 Å². The monoisotopic (exact) mass is 457 g/mol. The first kappa shape index (κ1) is 33.5. The fourth-order valence-electron chi connectivity index (χ4n) is 0.859. The van der Waals surface area contributed by atoms with Crippen molar-refractivity contribution in [2.24, 2.45) is 0 Å². The van der Waals surface area contributed by atoms with Crippen molar-refractivity contribution in [3.05, 3.63) is 35.5 Å². The molecule has 8 heteroatoms. The van der Waals surface area contributed by atoms with Gasteiger partial charge in [0.25, 0.3) is 0 Å². The standard InChI is InChI=1S/3C5H8O2.Nd.H2O/c3*1-4(6)3-5(2)7;;/h3*3,6H,1-2H3;;1H2/q;;;+3;/p-3/b3*4-3-;;. The molecule has 0 aromatic carbocycles. The molecule has 0 spiro atoms. The number of rotatable bonds is 3. The Labute approximate surface area is 169 Å². The van der Waals surface area contributed by atoms with Gasteiger partial charge in [0.2, 0.25) is 0 Å². The van der Waals surface area contributed by atoms with Gasteiger partial charge in [0.15, 0.2) is 17.3 Å². The summed E-state index contributed by atoms with van der Waals surface area (Å²) in [6.45, 7) is 8.09. The number of hydrogen-bond acceptors (Lipinski definition) is 6. The summed E-state index contributed by atoms with van der Waals surface area (Å²) in [5.74, 6) is -1.12. The first-order valence-electron chi connectivity index (χ1n) is 5.96. The number of hydrogen-bond donors (Lipinski definition) is 0. The minimum absolute atomic E-state index is 0. The first-order chi connectivity index (χ1) is 9.38. The summed E-state index contributed by atoms with van der Waals surface area (Å²) in [6, 6.07) is 0. The zero-order valence-electron chi connectivity index (χ0n) is 14.2. The molecule has 0 fully saturated rings. The Morgan fingerprint density at radius 1 is 0.565 bits per heavy atom. The van der Waals surface area contributed by atoms with Crippen LogP contribution in [0.1, 0.15) is 41.5 Å². The first-order valence-corrected chi connectivity index (χ1v) is 5.96. The maximum Gasteiger partial charge on any atom is 3.00 e. The van der Waals surface area contributed by atoms with E-state index in [9.17, 15) is 29.7 Å². The second-order valence-corrected chi connectivity index (χ2v) is 4.10. The smallest absolute Gasteiger partial charge is 0.876 e. The van der Waals surface area contributed by atoms with Crippen LogP contribution in [0.2, 0.25) is 0 Å². The quantitative estimate of drug-likeness (QED) is 0.377. The number of allylic oxidation sites excluding steroid dienone is 6. The normalized spacial score (nSPS) is 10.4. The molecule has 0 bridgehead atoms. The van der Waals surface area contributed by atoms with Crippen LogP contribution in [-0.2, 0) is 14.4 Å². The number of carbonyl (C=O) groups is 3. The van der Waals surface area contributed by atoms with E-state index in [-0.39, 0.29) is 80.9 Å². The van der Waals surface area contributed by atoms with E-state index in [1.54, 1.807) is 0 Å². The Hall–Kier alpha value is -1.06. The SMILES string of the molecule is CC(=O)/C=C(/C)[O-].CC(=O)/C=C(/C)[O-].CC(=O)/C=C(/C)[O-].O.[Nd+3]. The van der Waals surface area contributed by atoms with Crippen LogP contribution in [0.25, 0.3) is 0 Å². The van der Waals surface area contributed by atoms with Gasteiger partial charge in [-0.05, 0) is 39.0 Å². The van der Waals surface area contributed by atoms with Gasteiger partial charge in [-0.3, -0.25) is 14.4 Å². The Morgan fingerprint density at radius 3 is 0.696 bits per heavy atom. The fraction of sp³-hybridized carbons (Fsp3) is 0.400. The second-order valence-electron chi connectivity index (χ2n) is 4.10. The van der Waals surface area contributed by atoms with E-state index in [1.807, 2.05) is 0 Å². The van der Waals surface area contributed by atoms with Crippen molar-refractivity contribution in [1.29, 1.82) is 0 Å². The zero-order valence-corrected chi connectivity index (χ0v) is 17.4. The van der Waals surface area contributed by atoms with Crippen LogP contribution in [-0.4, -0.2) is 22.8 Å². The van der Waals surface area contributed by atoms with E-state index < -0.39 is 0 Å². The molecule has 129 valence electrons. The van der Waals surface area contributed by atoms with Crippen LogP contribution >= 0.6 is 0 Å². The van der Waals surface area contributed by atoms with E-state index in [0.29, 0.717) is 0 Å². The molecule has 0 aliphatic carbocycles.